The zero-order valence-electron chi connectivity index (χ0n) is 12.9. The molecule has 3 rings (SSSR count). The third kappa shape index (κ3) is 3.39. The van der Waals surface area contributed by atoms with Gasteiger partial charge in [0.05, 0.1) is 6.26 Å². The van der Waals surface area contributed by atoms with Crippen LogP contribution in [0.25, 0.3) is 0 Å². The molecule has 22 heavy (non-hydrogen) atoms. The van der Waals surface area contributed by atoms with Crippen LogP contribution in [0.5, 0.6) is 0 Å². The Morgan fingerprint density at radius 1 is 1.32 bits per heavy atom. The first-order valence-corrected chi connectivity index (χ1v) is 7.83. The molecule has 1 aliphatic rings. The van der Waals surface area contributed by atoms with Gasteiger partial charge in [-0.3, -0.25) is 4.79 Å². The van der Waals surface area contributed by atoms with Crippen molar-refractivity contribution in [3.8, 4) is 0 Å². The lowest BCUT2D eigenvalue weighted by atomic mass is 9.99. The molecule has 1 amide bonds. The molecule has 0 saturated carbocycles. The highest BCUT2D eigenvalue weighted by Gasteiger charge is 2.23. The van der Waals surface area contributed by atoms with Crippen LogP contribution in [-0.2, 0) is 0 Å². The van der Waals surface area contributed by atoms with Gasteiger partial charge in [-0.1, -0.05) is 30.3 Å². The topological polar surface area (TPSA) is 45.5 Å². The molecule has 116 valence electrons. The van der Waals surface area contributed by atoms with Crippen molar-refractivity contribution in [2.45, 2.75) is 19.3 Å². The monoisotopic (exact) mass is 298 g/mol. The van der Waals surface area contributed by atoms with Crippen molar-refractivity contribution in [3.05, 3.63) is 59.5 Å². The van der Waals surface area contributed by atoms with Crippen LogP contribution in [-0.4, -0.2) is 37.0 Å². The Labute approximate surface area is 131 Å². The summed E-state index contributed by atoms with van der Waals surface area (Å²) in [6, 6.07) is 12.5. The van der Waals surface area contributed by atoms with E-state index in [0.717, 1.165) is 25.2 Å². The summed E-state index contributed by atoms with van der Waals surface area (Å²) in [6.07, 6.45) is 2.74. The smallest absolute Gasteiger partial charge is 0.287 e. The molecule has 0 bridgehead atoms. The van der Waals surface area contributed by atoms with Crippen LogP contribution < -0.4 is 5.32 Å². The summed E-state index contributed by atoms with van der Waals surface area (Å²) in [4.78, 5) is 14.4. The molecule has 2 heterocycles. The Bertz CT molecular complexity index is 621. The maximum atomic E-state index is 12.0. The summed E-state index contributed by atoms with van der Waals surface area (Å²) < 4.78 is 5.20. The SMILES string of the molecule is Cc1ccoc1C(=O)NCCN1CC[C@@H](c2ccccc2)C1. The fraction of sp³-hybridized carbons (Fsp3) is 0.389. The highest BCUT2D eigenvalue weighted by molar-refractivity contribution is 5.92. The van der Waals surface area contributed by atoms with Gasteiger partial charge in [-0.15, -0.1) is 0 Å². The van der Waals surface area contributed by atoms with E-state index in [1.54, 1.807) is 12.3 Å². The minimum atomic E-state index is -0.124. The number of amides is 1. The Hall–Kier alpha value is -2.07. The van der Waals surface area contributed by atoms with E-state index < -0.39 is 0 Å². The molecule has 1 aromatic carbocycles. The van der Waals surface area contributed by atoms with Gasteiger partial charge in [-0.2, -0.15) is 0 Å². The number of aryl methyl sites for hydroxylation is 1. The van der Waals surface area contributed by atoms with Crippen LogP contribution in [0.2, 0.25) is 0 Å². The van der Waals surface area contributed by atoms with Gasteiger partial charge in [0.25, 0.3) is 5.91 Å². The number of carbonyl (C=O) groups excluding carboxylic acids is 1. The highest BCUT2D eigenvalue weighted by atomic mass is 16.3. The molecule has 0 unspecified atom stereocenters. The summed E-state index contributed by atoms with van der Waals surface area (Å²) in [5.74, 6) is 0.911. The van der Waals surface area contributed by atoms with Crippen LogP contribution in [0.1, 0.15) is 34.0 Å². The summed E-state index contributed by atoms with van der Waals surface area (Å²) in [7, 11) is 0. The molecule has 1 aromatic heterocycles. The van der Waals surface area contributed by atoms with E-state index in [9.17, 15) is 4.79 Å². The van der Waals surface area contributed by atoms with Crippen LogP contribution >= 0.6 is 0 Å². The van der Waals surface area contributed by atoms with Gasteiger partial charge < -0.3 is 14.6 Å². The molecule has 4 nitrogen and oxygen atoms in total. The quantitative estimate of drug-likeness (QED) is 0.923. The number of likely N-dealkylation sites (tertiary alicyclic amines) is 1. The van der Waals surface area contributed by atoms with Crippen molar-refractivity contribution in [3.63, 3.8) is 0 Å². The predicted octanol–water partition coefficient (Wildman–Crippen LogP) is 2.81. The van der Waals surface area contributed by atoms with E-state index in [4.69, 9.17) is 4.42 Å². The van der Waals surface area contributed by atoms with E-state index in [-0.39, 0.29) is 5.91 Å². The van der Waals surface area contributed by atoms with Crippen molar-refractivity contribution in [1.29, 1.82) is 0 Å². The summed E-state index contributed by atoms with van der Waals surface area (Å²) in [5, 5.41) is 2.93. The summed E-state index contributed by atoms with van der Waals surface area (Å²) >= 11 is 0. The first-order chi connectivity index (χ1) is 10.7. The minimum Gasteiger partial charge on any atom is -0.459 e. The average Bonchev–Trinajstić information content (AvgIpc) is 3.17. The molecule has 2 aromatic rings. The molecule has 1 fully saturated rings. The molecule has 1 saturated heterocycles. The fourth-order valence-corrected chi connectivity index (χ4v) is 3.05. The largest absolute Gasteiger partial charge is 0.459 e. The van der Waals surface area contributed by atoms with Gasteiger partial charge in [0.1, 0.15) is 0 Å². The van der Waals surface area contributed by atoms with Crippen molar-refractivity contribution < 1.29 is 9.21 Å². The van der Waals surface area contributed by atoms with Crippen LogP contribution in [0.4, 0.5) is 0 Å². The number of rotatable bonds is 5. The Morgan fingerprint density at radius 2 is 2.14 bits per heavy atom. The van der Waals surface area contributed by atoms with Gasteiger partial charge in [0, 0.05) is 25.2 Å². The number of nitrogens with zero attached hydrogens (tertiary/aromatic N) is 1. The zero-order chi connectivity index (χ0) is 15.4. The number of carbonyl (C=O) groups is 1. The molecule has 1 N–H and O–H groups in total. The van der Waals surface area contributed by atoms with Gasteiger partial charge in [0.15, 0.2) is 5.76 Å². The lowest BCUT2D eigenvalue weighted by Crippen LogP contribution is -2.33. The second-order valence-corrected chi connectivity index (χ2v) is 5.89. The van der Waals surface area contributed by atoms with Crippen molar-refractivity contribution >= 4 is 5.91 Å². The van der Waals surface area contributed by atoms with Crippen LogP contribution in [0.15, 0.2) is 47.1 Å². The summed E-state index contributed by atoms with van der Waals surface area (Å²) in [6.45, 7) is 5.58. The Kier molecular flexibility index (Phi) is 4.59. The van der Waals surface area contributed by atoms with Crippen molar-refractivity contribution in [1.82, 2.24) is 10.2 Å². The highest BCUT2D eigenvalue weighted by Crippen LogP contribution is 2.26. The van der Waals surface area contributed by atoms with Gasteiger partial charge in [0.2, 0.25) is 0 Å². The number of nitrogens with one attached hydrogen (secondary N) is 1. The van der Waals surface area contributed by atoms with E-state index in [1.807, 2.05) is 6.92 Å². The first kappa shape index (κ1) is 14.9. The number of hydrogen-bond donors (Lipinski definition) is 1. The maximum absolute atomic E-state index is 12.0. The van der Waals surface area contributed by atoms with Gasteiger partial charge >= 0.3 is 0 Å². The third-order valence-corrected chi connectivity index (χ3v) is 4.33. The zero-order valence-corrected chi connectivity index (χ0v) is 12.9. The third-order valence-electron chi connectivity index (χ3n) is 4.33. The second-order valence-electron chi connectivity index (χ2n) is 5.89. The standard InChI is InChI=1S/C18H22N2O2/c1-14-8-12-22-17(14)18(21)19-9-11-20-10-7-16(13-20)15-5-3-2-4-6-15/h2-6,8,12,16H,7,9-11,13H2,1H3,(H,19,21)/t16-/m1/s1. The lowest BCUT2D eigenvalue weighted by molar-refractivity contribution is 0.0921. The van der Waals surface area contributed by atoms with Crippen molar-refractivity contribution in [2.24, 2.45) is 0 Å². The molecule has 1 atom stereocenters. The molecule has 1 aliphatic heterocycles. The Morgan fingerprint density at radius 3 is 2.86 bits per heavy atom. The van der Waals surface area contributed by atoms with E-state index in [1.165, 1.54) is 12.0 Å². The van der Waals surface area contributed by atoms with Crippen LogP contribution in [0, 0.1) is 6.92 Å². The molecule has 0 radical (unpaired) electrons. The lowest BCUT2D eigenvalue weighted by Gasteiger charge is -2.16. The number of benzene rings is 1. The number of hydrogen-bond acceptors (Lipinski definition) is 3. The summed E-state index contributed by atoms with van der Waals surface area (Å²) in [5.41, 5.74) is 2.29. The minimum absolute atomic E-state index is 0.124. The predicted molar refractivity (Wildman–Crippen MR) is 86.0 cm³/mol. The van der Waals surface area contributed by atoms with Gasteiger partial charge in [-0.25, -0.2) is 0 Å². The molecular weight excluding hydrogens is 276 g/mol. The first-order valence-electron chi connectivity index (χ1n) is 7.83. The molecule has 0 spiro atoms. The van der Waals surface area contributed by atoms with E-state index in [0.29, 0.717) is 18.2 Å². The van der Waals surface area contributed by atoms with E-state index in [2.05, 4.69) is 40.5 Å². The second kappa shape index (κ2) is 6.79. The Balaban J connectivity index is 1.44. The van der Waals surface area contributed by atoms with Crippen LogP contribution in [0.3, 0.4) is 0 Å². The van der Waals surface area contributed by atoms with Gasteiger partial charge in [-0.05, 0) is 37.4 Å². The normalized spacial score (nSPS) is 18.5. The number of furan rings is 1. The fourth-order valence-electron chi connectivity index (χ4n) is 3.05. The van der Waals surface area contributed by atoms with E-state index >= 15 is 0 Å². The maximum Gasteiger partial charge on any atom is 0.287 e. The molecular formula is C18H22N2O2. The average molecular weight is 298 g/mol. The molecule has 0 aliphatic carbocycles. The van der Waals surface area contributed by atoms with Crippen molar-refractivity contribution in [2.75, 3.05) is 26.2 Å². The molecule has 4 heteroatoms.